The van der Waals surface area contributed by atoms with Crippen LogP contribution in [0.25, 0.3) is 0 Å². The van der Waals surface area contributed by atoms with E-state index in [0.717, 1.165) is 4.60 Å². The number of hydrogen-bond donors (Lipinski definition) is 1. The minimum atomic E-state index is 0.384. The summed E-state index contributed by atoms with van der Waals surface area (Å²) in [6, 6.07) is 4.40. The lowest BCUT2D eigenvalue weighted by molar-refractivity contribution is 0.651. The van der Waals surface area contributed by atoms with Gasteiger partial charge in [-0.25, -0.2) is 4.98 Å². The third kappa shape index (κ3) is 2.27. The van der Waals surface area contributed by atoms with Crippen LogP contribution in [-0.2, 0) is 0 Å². The zero-order chi connectivity index (χ0) is 8.27. The molecule has 2 nitrogen and oxygen atoms in total. The van der Waals surface area contributed by atoms with E-state index in [0.29, 0.717) is 6.04 Å². The Morgan fingerprint density at radius 1 is 1.64 bits per heavy atom. The fourth-order valence-electron chi connectivity index (χ4n) is 0.853. The summed E-state index contributed by atoms with van der Waals surface area (Å²) < 4.78 is 0.886. The SMILES string of the molecule is CN[C@H](C)c1ccnc(Br)c1. The summed E-state index contributed by atoms with van der Waals surface area (Å²) in [6.45, 7) is 2.11. The van der Waals surface area contributed by atoms with Crippen molar-refractivity contribution < 1.29 is 0 Å². The molecule has 60 valence electrons. The van der Waals surface area contributed by atoms with E-state index < -0.39 is 0 Å². The quantitative estimate of drug-likeness (QED) is 0.764. The van der Waals surface area contributed by atoms with Crippen LogP contribution < -0.4 is 5.32 Å². The lowest BCUT2D eigenvalue weighted by Crippen LogP contribution is -2.12. The van der Waals surface area contributed by atoms with Gasteiger partial charge in [0, 0.05) is 12.2 Å². The Kier molecular flexibility index (Phi) is 3.02. The molecule has 11 heavy (non-hydrogen) atoms. The molecule has 0 aromatic carbocycles. The summed E-state index contributed by atoms with van der Waals surface area (Å²) in [5.74, 6) is 0. The smallest absolute Gasteiger partial charge is 0.106 e. The second-order valence-electron chi connectivity index (χ2n) is 2.42. The van der Waals surface area contributed by atoms with Crippen molar-refractivity contribution in [3.05, 3.63) is 28.5 Å². The molecule has 1 N–H and O–H groups in total. The fourth-order valence-corrected chi connectivity index (χ4v) is 1.24. The average molecular weight is 215 g/mol. The topological polar surface area (TPSA) is 24.9 Å². The molecule has 0 bridgehead atoms. The van der Waals surface area contributed by atoms with Crippen LogP contribution in [0.3, 0.4) is 0 Å². The Morgan fingerprint density at radius 3 is 2.91 bits per heavy atom. The first-order valence-corrected chi connectivity index (χ1v) is 4.32. The minimum absolute atomic E-state index is 0.384. The largest absolute Gasteiger partial charge is 0.313 e. The Hall–Kier alpha value is -0.410. The van der Waals surface area contributed by atoms with Gasteiger partial charge in [0.1, 0.15) is 4.60 Å². The van der Waals surface area contributed by atoms with E-state index in [1.807, 2.05) is 19.2 Å². The average Bonchev–Trinajstić information content (AvgIpc) is 2.03. The maximum Gasteiger partial charge on any atom is 0.106 e. The van der Waals surface area contributed by atoms with Gasteiger partial charge in [-0.05, 0) is 47.6 Å². The lowest BCUT2D eigenvalue weighted by atomic mass is 10.1. The molecule has 1 atom stereocenters. The van der Waals surface area contributed by atoms with Gasteiger partial charge in [0.05, 0.1) is 0 Å². The molecule has 0 radical (unpaired) electrons. The van der Waals surface area contributed by atoms with Gasteiger partial charge in [-0.15, -0.1) is 0 Å². The van der Waals surface area contributed by atoms with Crippen LogP contribution >= 0.6 is 15.9 Å². The summed E-state index contributed by atoms with van der Waals surface area (Å²) in [4.78, 5) is 4.05. The van der Waals surface area contributed by atoms with E-state index in [1.165, 1.54) is 5.56 Å². The number of hydrogen-bond acceptors (Lipinski definition) is 2. The highest BCUT2D eigenvalue weighted by molar-refractivity contribution is 9.10. The standard InChI is InChI=1S/C8H11BrN2/c1-6(10-2)7-3-4-11-8(9)5-7/h3-6,10H,1-2H3/t6-/m1/s1. The second kappa shape index (κ2) is 3.83. The van der Waals surface area contributed by atoms with Gasteiger partial charge in [-0.1, -0.05) is 0 Å². The molecular weight excluding hydrogens is 204 g/mol. The third-order valence-corrected chi connectivity index (χ3v) is 2.12. The Morgan fingerprint density at radius 2 is 2.36 bits per heavy atom. The minimum Gasteiger partial charge on any atom is -0.313 e. The molecule has 0 amide bonds. The van der Waals surface area contributed by atoms with Gasteiger partial charge in [0.2, 0.25) is 0 Å². The maximum atomic E-state index is 4.05. The van der Waals surface area contributed by atoms with Crippen LogP contribution in [0.4, 0.5) is 0 Å². The van der Waals surface area contributed by atoms with Crippen molar-refractivity contribution in [3.8, 4) is 0 Å². The summed E-state index contributed by atoms with van der Waals surface area (Å²) in [6.07, 6.45) is 1.80. The monoisotopic (exact) mass is 214 g/mol. The predicted molar refractivity (Wildman–Crippen MR) is 49.4 cm³/mol. The highest BCUT2D eigenvalue weighted by Gasteiger charge is 2.01. The number of halogens is 1. The molecule has 0 aliphatic rings. The number of nitrogens with zero attached hydrogens (tertiary/aromatic N) is 1. The highest BCUT2D eigenvalue weighted by atomic mass is 79.9. The number of rotatable bonds is 2. The normalized spacial score (nSPS) is 13.0. The molecule has 1 aromatic rings. The van der Waals surface area contributed by atoms with E-state index >= 15 is 0 Å². The Bertz CT molecular complexity index is 237. The van der Waals surface area contributed by atoms with Crippen LogP contribution in [0.2, 0.25) is 0 Å². The predicted octanol–water partition coefficient (Wildman–Crippen LogP) is 2.12. The molecule has 0 aliphatic carbocycles. The fraction of sp³-hybridized carbons (Fsp3) is 0.375. The molecule has 1 rings (SSSR count). The zero-order valence-corrected chi connectivity index (χ0v) is 8.22. The van der Waals surface area contributed by atoms with Gasteiger partial charge in [-0.2, -0.15) is 0 Å². The highest BCUT2D eigenvalue weighted by Crippen LogP contribution is 2.14. The van der Waals surface area contributed by atoms with Gasteiger partial charge in [-0.3, -0.25) is 0 Å². The van der Waals surface area contributed by atoms with E-state index in [1.54, 1.807) is 6.20 Å². The van der Waals surface area contributed by atoms with Gasteiger partial charge in [0.25, 0.3) is 0 Å². The first-order chi connectivity index (χ1) is 5.24. The van der Waals surface area contributed by atoms with Crippen LogP contribution in [-0.4, -0.2) is 12.0 Å². The number of nitrogens with one attached hydrogen (secondary N) is 1. The summed E-state index contributed by atoms with van der Waals surface area (Å²) >= 11 is 3.32. The molecule has 1 aromatic heterocycles. The van der Waals surface area contributed by atoms with Crippen LogP contribution in [0.1, 0.15) is 18.5 Å². The molecule has 0 aliphatic heterocycles. The van der Waals surface area contributed by atoms with Crippen LogP contribution in [0.5, 0.6) is 0 Å². The van der Waals surface area contributed by atoms with E-state index in [2.05, 4.69) is 33.2 Å². The molecular formula is C8H11BrN2. The zero-order valence-electron chi connectivity index (χ0n) is 6.63. The van der Waals surface area contributed by atoms with Gasteiger partial charge in [0.15, 0.2) is 0 Å². The maximum absolute atomic E-state index is 4.05. The van der Waals surface area contributed by atoms with Crippen LogP contribution in [0, 0.1) is 0 Å². The summed E-state index contributed by atoms with van der Waals surface area (Å²) in [5, 5.41) is 3.16. The Balaban J connectivity index is 2.86. The molecule has 0 unspecified atom stereocenters. The van der Waals surface area contributed by atoms with Crippen molar-refractivity contribution in [1.82, 2.24) is 10.3 Å². The van der Waals surface area contributed by atoms with Crippen molar-refractivity contribution in [2.24, 2.45) is 0 Å². The third-order valence-electron chi connectivity index (χ3n) is 1.68. The second-order valence-corrected chi connectivity index (χ2v) is 3.23. The number of pyridine rings is 1. The first-order valence-electron chi connectivity index (χ1n) is 3.52. The molecule has 3 heteroatoms. The van der Waals surface area contributed by atoms with Crippen molar-refractivity contribution in [2.45, 2.75) is 13.0 Å². The summed E-state index contributed by atoms with van der Waals surface area (Å²) in [7, 11) is 1.94. The van der Waals surface area contributed by atoms with E-state index in [9.17, 15) is 0 Å². The number of aromatic nitrogens is 1. The lowest BCUT2D eigenvalue weighted by Gasteiger charge is -2.09. The molecule has 0 spiro atoms. The molecule has 0 saturated carbocycles. The van der Waals surface area contributed by atoms with E-state index in [-0.39, 0.29) is 0 Å². The van der Waals surface area contributed by atoms with Gasteiger partial charge < -0.3 is 5.32 Å². The molecule has 0 saturated heterocycles. The van der Waals surface area contributed by atoms with Crippen molar-refractivity contribution in [2.75, 3.05) is 7.05 Å². The van der Waals surface area contributed by atoms with Crippen molar-refractivity contribution in [1.29, 1.82) is 0 Å². The van der Waals surface area contributed by atoms with Crippen molar-refractivity contribution >= 4 is 15.9 Å². The molecule has 0 fully saturated rings. The first kappa shape index (κ1) is 8.68. The van der Waals surface area contributed by atoms with Crippen molar-refractivity contribution in [3.63, 3.8) is 0 Å². The van der Waals surface area contributed by atoms with E-state index in [4.69, 9.17) is 0 Å². The Labute approximate surface area is 75.2 Å². The molecule has 1 heterocycles. The van der Waals surface area contributed by atoms with Crippen LogP contribution in [0.15, 0.2) is 22.9 Å². The van der Waals surface area contributed by atoms with Gasteiger partial charge >= 0.3 is 0 Å². The summed E-state index contributed by atoms with van der Waals surface area (Å²) in [5.41, 5.74) is 1.24.